The molecular weight excluding hydrogens is 329 g/mol. The zero-order valence-corrected chi connectivity index (χ0v) is 14.0. The third-order valence-corrected chi connectivity index (χ3v) is 4.06. The van der Waals surface area contributed by atoms with E-state index in [2.05, 4.69) is 30.7 Å². The smallest absolute Gasteiger partial charge is 0.360 e. The summed E-state index contributed by atoms with van der Waals surface area (Å²) in [5.74, 6) is -0.539. The first-order valence-electron chi connectivity index (χ1n) is 7.78. The van der Waals surface area contributed by atoms with Crippen molar-refractivity contribution >= 4 is 16.7 Å². The first kappa shape index (κ1) is 17.2. The molecule has 0 radical (unpaired) electrons. The van der Waals surface area contributed by atoms with E-state index in [1.807, 2.05) is 18.2 Å². The summed E-state index contributed by atoms with van der Waals surface area (Å²) in [6, 6.07) is 9.07. The van der Waals surface area contributed by atoms with Crippen LogP contribution in [-0.4, -0.2) is 15.8 Å². The fourth-order valence-corrected chi connectivity index (χ4v) is 2.63. The van der Waals surface area contributed by atoms with Crippen molar-refractivity contribution in [1.82, 2.24) is 9.97 Å². The highest BCUT2D eigenvalue weighted by molar-refractivity contribution is 6.15. The molecule has 0 unspecified atom stereocenters. The third kappa shape index (κ3) is 3.29. The van der Waals surface area contributed by atoms with E-state index in [4.69, 9.17) is 0 Å². The molecule has 2 heterocycles. The maximum Gasteiger partial charge on any atom is 0.433 e. The molecule has 0 aliphatic rings. The van der Waals surface area contributed by atoms with Crippen molar-refractivity contribution in [2.45, 2.75) is 32.4 Å². The highest BCUT2D eigenvalue weighted by atomic mass is 19.4. The highest BCUT2D eigenvalue weighted by Crippen LogP contribution is 2.30. The first-order valence-corrected chi connectivity index (χ1v) is 7.78. The largest absolute Gasteiger partial charge is 0.433 e. The van der Waals surface area contributed by atoms with Gasteiger partial charge < -0.3 is 4.98 Å². The van der Waals surface area contributed by atoms with Crippen LogP contribution in [0.15, 0.2) is 42.6 Å². The minimum atomic E-state index is -4.59. The first-order chi connectivity index (χ1) is 11.6. The van der Waals surface area contributed by atoms with Gasteiger partial charge in [0.25, 0.3) is 0 Å². The minimum Gasteiger partial charge on any atom is -0.360 e. The van der Waals surface area contributed by atoms with E-state index in [-0.39, 0.29) is 11.1 Å². The van der Waals surface area contributed by atoms with E-state index in [9.17, 15) is 18.0 Å². The van der Waals surface area contributed by atoms with Crippen LogP contribution < -0.4 is 0 Å². The Balaban J connectivity index is 2.09. The van der Waals surface area contributed by atoms with Crippen LogP contribution in [-0.2, 0) is 11.6 Å². The second-order valence-electron chi connectivity index (χ2n) is 6.95. The predicted octanol–water partition coefficient (Wildman–Crippen LogP) is 5.11. The third-order valence-electron chi connectivity index (χ3n) is 4.06. The molecule has 2 aromatic heterocycles. The molecule has 25 heavy (non-hydrogen) atoms. The molecule has 0 saturated carbocycles. The lowest BCUT2D eigenvalue weighted by molar-refractivity contribution is -0.141. The van der Waals surface area contributed by atoms with Gasteiger partial charge in [0.05, 0.1) is 0 Å². The number of hydrogen-bond donors (Lipinski definition) is 1. The van der Waals surface area contributed by atoms with Crippen LogP contribution >= 0.6 is 0 Å². The van der Waals surface area contributed by atoms with Crippen LogP contribution in [0, 0.1) is 0 Å². The molecule has 3 rings (SSSR count). The van der Waals surface area contributed by atoms with Crippen LogP contribution in [0.1, 0.15) is 48.1 Å². The number of benzene rings is 1. The second kappa shape index (κ2) is 5.72. The number of carbonyl (C=O) groups is 1. The molecule has 1 aromatic carbocycles. The van der Waals surface area contributed by atoms with Gasteiger partial charge in [-0.1, -0.05) is 32.9 Å². The lowest BCUT2D eigenvalue weighted by atomic mass is 9.86. The molecule has 0 spiro atoms. The Hall–Kier alpha value is -2.63. The normalized spacial score (nSPS) is 12.6. The van der Waals surface area contributed by atoms with Crippen LogP contribution in [0.25, 0.3) is 10.9 Å². The maximum absolute atomic E-state index is 12.8. The monoisotopic (exact) mass is 346 g/mol. The summed E-state index contributed by atoms with van der Waals surface area (Å²) in [5.41, 5.74) is 0.688. The summed E-state index contributed by atoms with van der Waals surface area (Å²) < 4.78 is 38.5. The zero-order valence-electron chi connectivity index (χ0n) is 14.0. The number of pyridine rings is 1. The number of alkyl halides is 3. The molecule has 0 amide bonds. The molecule has 0 aliphatic heterocycles. The van der Waals surface area contributed by atoms with Crippen molar-refractivity contribution in [2.75, 3.05) is 0 Å². The molecule has 0 bridgehead atoms. The lowest BCUT2D eigenvalue weighted by Crippen LogP contribution is -2.12. The lowest BCUT2D eigenvalue weighted by Gasteiger charge is -2.19. The van der Waals surface area contributed by atoms with E-state index in [0.717, 1.165) is 17.1 Å². The van der Waals surface area contributed by atoms with Gasteiger partial charge in [-0.15, -0.1) is 0 Å². The van der Waals surface area contributed by atoms with E-state index in [1.165, 1.54) is 18.3 Å². The number of nitrogens with one attached hydrogen (secondary N) is 1. The number of ketones is 1. The van der Waals surface area contributed by atoms with Crippen LogP contribution in [0.2, 0.25) is 0 Å². The molecule has 3 aromatic rings. The van der Waals surface area contributed by atoms with E-state index >= 15 is 0 Å². The van der Waals surface area contributed by atoms with Crippen LogP contribution in [0.3, 0.4) is 0 Å². The summed E-state index contributed by atoms with van der Waals surface area (Å²) in [4.78, 5) is 19.2. The molecule has 0 saturated heterocycles. The summed E-state index contributed by atoms with van der Waals surface area (Å²) in [5, 5.41) is 0.677. The number of H-pyrrole nitrogens is 1. The van der Waals surface area contributed by atoms with Crippen molar-refractivity contribution < 1.29 is 18.0 Å². The van der Waals surface area contributed by atoms with Crippen molar-refractivity contribution in [3.63, 3.8) is 0 Å². The summed E-state index contributed by atoms with van der Waals surface area (Å²) in [6.45, 7) is 6.16. The van der Waals surface area contributed by atoms with Gasteiger partial charge in [0.1, 0.15) is 11.4 Å². The highest BCUT2D eigenvalue weighted by Gasteiger charge is 2.33. The molecule has 3 nitrogen and oxygen atoms in total. The Bertz CT molecular complexity index is 949. The number of carbonyl (C=O) groups excluding carboxylic acids is 1. The second-order valence-corrected chi connectivity index (χ2v) is 6.95. The molecule has 1 N–H and O–H groups in total. The van der Waals surface area contributed by atoms with Gasteiger partial charge in [0, 0.05) is 22.7 Å². The summed E-state index contributed by atoms with van der Waals surface area (Å²) >= 11 is 0. The Morgan fingerprint density at radius 1 is 1.08 bits per heavy atom. The van der Waals surface area contributed by atoms with Crippen molar-refractivity contribution in [2.24, 2.45) is 0 Å². The Morgan fingerprint density at radius 3 is 2.44 bits per heavy atom. The average Bonchev–Trinajstić information content (AvgIpc) is 2.95. The molecular formula is C19H17F3N2O. The number of fused-ring (bicyclic) bond motifs is 1. The SMILES string of the molecule is CC(C)(C)c1ccc2[nH]cc(C(=O)c3cccc(C(F)(F)F)n3)c2c1. The van der Waals surface area contributed by atoms with Gasteiger partial charge in [-0.2, -0.15) is 13.2 Å². The fourth-order valence-electron chi connectivity index (χ4n) is 2.63. The van der Waals surface area contributed by atoms with Crippen molar-refractivity contribution in [3.05, 3.63) is 65.1 Å². The number of nitrogens with zero attached hydrogens (tertiary/aromatic N) is 1. The quantitative estimate of drug-likeness (QED) is 0.655. The van der Waals surface area contributed by atoms with Crippen LogP contribution in [0.4, 0.5) is 13.2 Å². The van der Waals surface area contributed by atoms with Gasteiger partial charge in [-0.05, 0) is 35.2 Å². The zero-order chi connectivity index (χ0) is 18.4. The number of aromatic nitrogens is 2. The van der Waals surface area contributed by atoms with Gasteiger partial charge in [0.2, 0.25) is 5.78 Å². The fraction of sp³-hybridized carbons (Fsp3) is 0.263. The maximum atomic E-state index is 12.8. The van der Waals surface area contributed by atoms with Crippen molar-refractivity contribution in [3.8, 4) is 0 Å². The molecule has 6 heteroatoms. The van der Waals surface area contributed by atoms with Crippen molar-refractivity contribution in [1.29, 1.82) is 0 Å². The van der Waals surface area contributed by atoms with Gasteiger partial charge in [-0.25, -0.2) is 4.98 Å². The Kier molecular flexibility index (Phi) is 3.94. The van der Waals surface area contributed by atoms with E-state index < -0.39 is 17.7 Å². The minimum absolute atomic E-state index is 0.111. The number of aromatic amines is 1. The Labute approximate surface area is 142 Å². The van der Waals surface area contributed by atoms with Gasteiger partial charge in [-0.3, -0.25) is 4.79 Å². The molecule has 0 atom stereocenters. The Morgan fingerprint density at radius 2 is 1.80 bits per heavy atom. The molecule has 130 valence electrons. The average molecular weight is 346 g/mol. The number of rotatable bonds is 2. The molecule has 0 aliphatic carbocycles. The number of halogens is 3. The molecule has 0 fully saturated rings. The van der Waals surface area contributed by atoms with Crippen LogP contribution in [0.5, 0.6) is 0 Å². The standard InChI is InChI=1S/C19H17F3N2O/c1-18(2,3)11-7-8-14-12(9-11)13(10-23-14)17(25)15-5-4-6-16(24-15)19(20,21)22/h4-10,23H,1-3H3. The van der Waals surface area contributed by atoms with Gasteiger partial charge in [0.15, 0.2) is 0 Å². The van der Waals surface area contributed by atoms with E-state index in [0.29, 0.717) is 10.9 Å². The summed E-state index contributed by atoms with van der Waals surface area (Å²) in [7, 11) is 0. The number of hydrogen-bond acceptors (Lipinski definition) is 2. The topological polar surface area (TPSA) is 45.8 Å². The predicted molar refractivity (Wildman–Crippen MR) is 89.7 cm³/mol. The van der Waals surface area contributed by atoms with Gasteiger partial charge >= 0.3 is 6.18 Å². The summed E-state index contributed by atoms with van der Waals surface area (Å²) in [6.07, 6.45) is -3.07. The van der Waals surface area contributed by atoms with E-state index in [1.54, 1.807) is 0 Å².